The van der Waals surface area contributed by atoms with Gasteiger partial charge in [-0.3, -0.25) is 10.1 Å². The normalized spacial score (nSPS) is 10.6. The van der Waals surface area contributed by atoms with Gasteiger partial charge in [0.15, 0.2) is 0 Å². The average Bonchev–Trinajstić information content (AvgIpc) is 2.27. The molecule has 0 saturated heterocycles. The molecule has 0 aliphatic heterocycles. The number of halogens is 1. The second-order valence-corrected chi connectivity index (χ2v) is 3.27. The highest BCUT2D eigenvalue weighted by atomic mass is 35.5. The van der Waals surface area contributed by atoms with Crippen LogP contribution in [0.4, 0.5) is 11.4 Å². The van der Waals surface area contributed by atoms with Gasteiger partial charge in [0.2, 0.25) is 0 Å². The molecule has 2 N–H and O–H groups in total. The Morgan fingerprint density at radius 2 is 2.31 bits per heavy atom. The molecule has 1 aromatic carbocycles. The van der Waals surface area contributed by atoms with Crippen LogP contribution in [-0.2, 0) is 0 Å². The summed E-state index contributed by atoms with van der Waals surface area (Å²) in [5.41, 5.74) is 6.11. The lowest BCUT2D eigenvalue weighted by atomic mass is 10.1. The van der Waals surface area contributed by atoms with Crippen LogP contribution in [0.25, 0.3) is 6.08 Å². The Morgan fingerprint density at radius 3 is 2.81 bits per heavy atom. The van der Waals surface area contributed by atoms with Crippen LogP contribution in [0.5, 0.6) is 5.75 Å². The molecule has 0 atom stereocenters. The molecule has 16 heavy (non-hydrogen) atoms. The minimum absolute atomic E-state index is 0.104. The van der Waals surface area contributed by atoms with E-state index in [2.05, 4.69) is 0 Å². The van der Waals surface area contributed by atoms with Gasteiger partial charge in [0.05, 0.1) is 18.1 Å². The smallest absolute Gasteiger partial charge is 0.296 e. The number of methoxy groups -OCH3 is 1. The van der Waals surface area contributed by atoms with Crippen LogP contribution >= 0.6 is 11.6 Å². The number of benzene rings is 1. The van der Waals surface area contributed by atoms with Crippen molar-refractivity contribution in [3.8, 4) is 5.75 Å². The van der Waals surface area contributed by atoms with E-state index in [1.54, 1.807) is 18.2 Å². The predicted molar refractivity (Wildman–Crippen MR) is 63.8 cm³/mol. The van der Waals surface area contributed by atoms with Gasteiger partial charge in [0.25, 0.3) is 5.69 Å². The number of nitro groups is 1. The van der Waals surface area contributed by atoms with Crippen molar-refractivity contribution in [2.45, 2.75) is 0 Å². The zero-order valence-corrected chi connectivity index (χ0v) is 9.40. The lowest BCUT2D eigenvalue weighted by Crippen LogP contribution is -1.99. The quantitative estimate of drug-likeness (QED) is 0.381. The summed E-state index contributed by atoms with van der Waals surface area (Å²) < 4.78 is 4.95. The molecule has 0 bridgehead atoms. The summed E-state index contributed by atoms with van der Waals surface area (Å²) in [5.74, 6) is 0.694. The van der Waals surface area contributed by atoms with E-state index in [4.69, 9.17) is 22.1 Å². The fourth-order valence-electron chi connectivity index (χ4n) is 1.21. The summed E-state index contributed by atoms with van der Waals surface area (Å²) in [6, 6.07) is 2.90. The highest BCUT2D eigenvalue weighted by molar-refractivity contribution is 6.19. The monoisotopic (exact) mass is 242 g/mol. The van der Waals surface area contributed by atoms with Gasteiger partial charge < -0.3 is 10.5 Å². The zero-order chi connectivity index (χ0) is 12.1. The Kier molecular flexibility index (Phi) is 4.13. The number of anilines is 1. The summed E-state index contributed by atoms with van der Waals surface area (Å²) in [6.07, 6.45) is 3.27. The molecule has 0 radical (unpaired) electrons. The van der Waals surface area contributed by atoms with Gasteiger partial charge >= 0.3 is 0 Å². The maximum Gasteiger partial charge on any atom is 0.296 e. The van der Waals surface area contributed by atoms with Crippen LogP contribution in [0, 0.1) is 10.1 Å². The van der Waals surface area contributed by atoms with Crippen molar-refractivity contribution >= 4 is 29.1 Å². The minimum atomic E-state index is -0.546. The van der Waals surface area contributed by atoms with Crippen LogP contribution in [0.15, 0.2) is 18.2 Å². The molecule has 0 amide bonds. The third kappa shape index (κ3) is 2.64. The summed E-state index contributed by atoms with van der Waals surface area (Å²) in [4.78, 5) is 10.2. The van der Waals surface area contributed by atoms with Gasteiger partial charge in [-0.15, -0.1) is 11.6 Å². The lowest BCUT2D eigenvalue weighted by Gasteiger charge is -2.05. The van der Waals surface area contributed by atoms with Gasteiger partial charge in [0, 0.05) is 11.4 Å². The summed E-state index contributed by atoms with van der Waals surface area (Å²) in [5, 5.41) is 10.7. The molecule has 0 fully saturated rings. The minimum Gasteiger partial charge on any atom is -0.496 e. The summed E-state index contributed by atoms with van der Waals surface area (Å²) in [6.45, 7) is 0. The maximum absolute atomic E-state index is 10.7. The number of rotatable bonds is 4. The molecule has 0 aromatic heterocycles. The number of nitrogen functional groups attached to an aromatic ring is 1. The van der Waals surface area contributed by atoms with Crippen LogP contribution in [0.3, 0.4) is 0 Å². The first-order chi connectivity index (χ1) is 7.60. The van der Waals surface area contributed by atoms with Crippen molar-refractivity contribution in [3.63, 3.8) is 0 Å². The molecule has 1 aromatic rings. The van der Waals surface area contributed by atoms with Gasteiger partial charge in [-0.1, -0.05) is 12.2 Å². The van der Waals surface area contributed by atoms with Crippen molar-refractivity contribution in [2.75, 3.05) is 18.7 Å². The molecular weight excluding hydrogens is 232 g/mol. The molecule has 0 heterocycles. The van der Waals surface area contributed by atoms with E-state index in [-0.39, 0.29) is 11.4 Å². The number of ether oxygens (including phenoxy) is 1. The first-order valence-corrected chi connectivity index (χ1v) is 4.98. The van der Waals surface area contributed by atoms with Crippen molar-refractivity contribution in [3.05, 3.63) is 33.9 Å². The van der Waals surface area contributed by atoms with Gasteiger partial charge in [-0.2, -0.15) is 0 Å². The highest BCUT2D eigenvalue weighted by Crippen LogP contribution is 2.31. The number of hydrogen-bond donors (Lipinski definition) is 1. The van der Waals surface area contributed by atoms with Crippen molar-refractivity contribution in [1.82, 2.24) is 0 Å². The Labute approximate surface area is 97.6 Å². The number of alkyl halides is 1. The van der Waals surface area contributed by atoms with Crippen LogP contribution in [-0.4, -0.2) is 17.9 Å². The highest BCUT2D eigenvalue weighted by Gasteiger charge is 2.16. The van der Waals surface area contributed by atoms with E-state index in [0.29, 0.717) is 17.2 Å². The van der Waals surface area contributed by atoms with Crippen molar-refractivity contribution in [2.24, 2.45) is 0 Å². The van der Waals surface area contributed by atoms with E-state index in [0.717, 1.165) is 0 Å². The molecule has 0 unspecified atom stereocenters. The van der Waals surface area contributed by atoms with Crippen molar-refractivity contribution in [1.29, 1.82) is 0 Å². The molecule has 5 nitrogen and oxygen atoms in total. The second-order valence-electron chi connectivity index (χ2n) is 2.96. The molecular formula is C10H11ClN2O3. The van der Waals surface area contributed by atoms with Gasteiger partial charge in [-0.05, 0) is 6.07 Å². The van der Waals surface area contributed by atoms with Crippen LogP contribution < -0.4 is 10.5 Å². The molecule has 1 rings (SSSR count). The van der Waals surface area contributed by atoms with Crippen molar-refractivity contribution < 1.29 is 9.66 Å². The summed E-state index contributed by atoms with van der Waals surface area (Å²) in [7, 11) is 1.43. The van der Waals surface area contributed by atoms with E-state index in [1.165, 1.54) is 13.2 Å². The van der Waals surface area contributed by atoms with E-state index in [9.17, 15) is 10.1 Å². The molecule has 0 spiro atoms. The number of allylic oxidation sites excluding steroid dienone is 1. The average molecular weight is 243 g/mol. The van der Waals surface area contributed by atoms with Gasteiger partial charge in [-0.25, -0.2) is 0 Å². The molecule has 6 heteroatoms. The second kappa shape index (κ2) is 5.37. The first-order valence-electron chi connectivity index (χ1n) is 4.44. The predicted octanol–water partition coefficient (Wildman–Crippen LogP) is 2.44. The third-order valence-electron chi connectivity index (χ3n) is 1.98. The van der Waals surface area contributed by atoms with Gasteiger partial charge in [0.1, 0.15) is 11.4 Å². The largest absolute Gasteiger partial charge is 0.496 e. The van der Waals surface area contributed by atoms with Crippen LogP contribution in [0.2, 0.25) is 0 Å². The molecule has 0 aliphatic rings. The number of nitrogens with zero attached hydrogens (tertiary/aromatic N) is 1. The Bertz CT molecular complexity index is 432. The Hall–Kier alpha value is -1.75. The SMILES string of the molecule is COc1cc(C=CCCl)c(N)c([N+](=O)[O-])c1. The van der Waals surface area contributed by atoms with E-state index in [1.807, 2.05) is 0 Å². The number of hydrogen-bond acceptors (Lipinski definition) is 4. The standard InChI is InChI=1S/C10H11ClN2O3/c1-16-8-5-7(3-2-4-11)10(12)9(6-8)13(14)15/h2-3,5-6H,4,12H2,1H3. The zero-order valence-electron chi connectivity index (χ0n) is 8.64. The first kappa shape index (κ1) is 12.3. The lowest BCUT2D eigenvalue weighted by molar-refractivity contribution is -0.384. The fourth-order valence-corrected chi connectivity index (χ4v) is 1.30. The number of nitrogens with two attached hydrogens (primary N) is 1. The van der Waals surface area contributed by atoms with E-state index >= 15 is 0 Å². The van der Waals surface area contributed by atoms with E-state index < -0.39 is 4.92 Å². The number of nitro benzene ring substituents is 1. The molecule has 86 valence electrons. The maximum atomic E-state index is 10.7. The third-order valence-corrected chi connectivity index (χ3v) is 2.16. The fraction of sp³-hybridized carbons (Fsp3) is 0.200. The molecule has 0 aliphatic carbocycles. The molecule has 0 saturated carbocycles. The summed E-state index contributed by atoms with van der Waals surface area (Å²) >= 11 is 5.49. The topological polar surface area (TPSA) is 78.4 Å². The Balaban J connectivity index is 3.31. The Morgan fingerprint density at radius 1 is 1.62 bits per heavy atom. The van der Waals surface area contributed by atoms with Crippen LogP contribution in [0.1, 0.15) is 5.56 Å².